The lowest BCUT2D eigenvalue weighted by Gasteiger charge is -2.24. The molecule has 1 aliphatic carbocycles. The predicted molar refractivity (Wildman–Crippen MR) is 84.8 cm³/mol. The molecule has 20 heavy (non-hydrogen) atoms. The lowest BCUT2D eigenvalue weighted by molar-refractivity contribution is -0.133. The van der Waals surface area contributed by atoms with Crippen LogP contribution in [-0.2, 0) is 11.3 Å². The number of nitrogens with two attached hydrogens (primary N) is 1. The Morgan fingerprint density at radius 3 is 2.70 bits per heavy atom. The van der Waals surface area contributed by atoms with Crippen LogP contribution >= 0.6 is 12.4 Å². The van der Waals surface area contributed by atoms with Crippen LogP contribution in [0.3, 0.4) is 0 Å². The van der Waals surface area contributed by atoms with Gasteiger partial charge < -0.3 is 10.6 Å². The first-order valence-corrected chi connectivity index (χ1v) is 7.15. The smallest absolute Gasteiger partial charge is 0.223 e. The average molecular weight is 297 g/mol. The number of carbonyl (C=O) groups is 1. The fourth-order valence-electron chi connectivity index (χ4n) is 2.31. The second-order valence-corrected chi connectivity index (χ2v) is 5.79. The van der Waals surface area contributed by atoms with E-state index in [1.54, 1.807) is 0 Å². The van der Waals surface area contributed by atoms with Crippen LogP contribution in [0.1, 0.15) is 37.3 Å². The summed E-state index contributed by atoms with van der Waals surface area (Å²) in [6.45, 7) is 5.44. The molecule has 2 rings (SSSR count). The van der Waals surface area contributed by atoms with Crippen molar-refractivity contribution in [3.63, 3.8) is 0 Å². The van der Waals surface area contributed by atoms with Gasteiger partial charge in [0.05, 0.1) is 0 Å². The summed E-state index contributed by atoms with van der Waals surface area (Å²) in [5.41, 5.74) is 8.08. The molecule has 1 unspecified atom stereocenters. The van der Waals surface area contributed by atoms with Gasteiger partial charge in [0.15, 0.2) is 0 Å². The van der Waals surface area contributed by atoms with Crippen molar-refractivity contribution >= 4 is 18.3 Å². The third-order valence-electron chi connectivity index (χ3n) is 3.67. The number of amides is 1. The van der Waals surface area contributed by atoms with Gasteiger partial charge in [-0.15, -0.1) is 12.4 Å². The molecule has 4 heteroatoms. The van der Waals surface area contributed by atoms with Crippen LogP contribution < -0.4 is 5.73 Å². The largest absolute Gasteiger partial charge is 0.335 e. The van der Waals surface area contributed by atoms with Gasteiger partial charge in [0.2, 0.25) is 5.91 Å². The molecular weight excluding hydrogens is 272 g/mol. The van der Waals surface area contributed by atoms with Gasteiger partial charge in [0, 0.05) is 19.0 Å². The highest BCUT2D eigenvalue weighted by molar-refractivity contribution is 5.85. The highest BCUT2D eigenvalue weighted by Crippen LogP contribution is 2.29. The maximum Gasteiger partial charge on any atom is 0.223 e. The molecule has 1 amide bonds. The lowest BCUT2D eigenvalue weighted by Crippen LogP contribution is -2.34. The summed E-state index contributed by atoms with van der Waals surface area (Å²) >= 11 is 0. The Morgan fingerprint density at radius 2 is 2.15 bits per heavy atom. The van der Waals surface area contributed by atoms with Crippen LogP contribution in [0.5, 0.6) is 0 Å². The molecule has 0 saturated heterocycles. The number of carbonyl (C=O) groups excluding carboxylic acids is 1. The fourth-order valence-corrected chi connectivity index (χ4v) is 2.31. The Hall–Kier alpha value is -1.06. The van der Waals surface area contributed by atoms with Crippen molar-refractivity contribution in [1.29, 1.82) is 0 Å². The van der Waals surface area contributed by atoms with Crippen molar-refractivity contribution in [2.24, 2.45) is 11.7 Å². The minimum atomic E-state index is 0. The molecule has 0 aromatic heterocycles. The third-order valence-corrected chi connectivity index (χ3v) is 3.67. The fraction of sp³-hybridized carbons (Fsp3) is 0.562. The number of benzene rings is 1. The van der Waals surface area contributed by atoms with E-state index >= 15 is 0 Å². The predicted octanol–water partition coefficient (Wildman–Crippen LogP) is 2.89. The van der Waals surface area contributed by atoms with Crippen molar-refractivity contribution in [3.8, 4) is 0 Å². The van der Waals surface area contributed by atoms with E-state index in [0.717, 1.165) is 19.4 Å². The molecule has 112 valence electrons. The Labute approximate surface area is 127 Å². The second-order valence-electron chi connectivity index (χ2n) is 5.79. The van der Waals surface area contributed by atoms with Gasteiger partial charge in [-0.1, -0.05) is 36.8 Å². The SMILES string of the molecule is Cc1cccc(CN(C(=O)CC(C)CN)C2CC2)c1.Cl. The standard InChI is InChI=1S/C16H24N2O.ClH/c1-12-4-3-5-14(8-12)11-18(15-6-7-15)16(19)9-13(2)10-17;/h3-5,8,13,15H,6-7,9-11,17H2,1-2H3;1H. The highest BCUT2D eigenvalue weighted by atomic mass is 35.5. The molecule has 0 aliphatic heterocycles. The van der Waals surface area contributed by atoms with Crippen LogP contribution in [0.25, 0.3) is 0 Å². The Bertz CT molecular complexity index is 446. The minimum Gasteiger partial charge on any atom is -0.335 e. The molecule has 1 atom stereocenters. The zero-order valence-corrected chi connectivity index (χ0v) is 13.2. The normalized spacial score (nSPS) is 15.3. The lowest BCUT2D eigenvalue weighted by atomic mass is 10.1. The van der Waals surface area contributed by atoms with Crippen LogP contribution in [0.2, 0.25) is 0 Å². The minimum absolute atomic E-state index is 0. The molecule has 1 aromatic rings. The van der Waals surface area contributed by atoms with E-state index in [9.17, 15) is 4.79 Å². The van der Waals surface area contributed by atoms with Crippen LogP contribution in [0.15, 0.2) is 24.3 Å². The summed E-state index contributed by atoms with van der Waals surface area (Å²) in [6, 6.07) is 8.86. The van der Waals surface area contributed by atoms with Gasteiger partial charge in [0.25, 0.3) is 0 Å². The average Bonchev–Trinajstić information content (AvgIpc) is 3.20. The second kappa shape index (κ2) is 7.65. The number of halogens is 1. The van der Waals surface area contributed by atoms with Gasteiger partial charge in [-0.05, 0) is 37.8 Å². The summed E-state index contributed by atoms with van der Waals surface area (Å²) in [4.78, 5) is 14.4. The Kier molecular flexibility index (Phi) is 6.50. The maximum atomic E-state index is 12.4. The molecule has 1 aliphatic rings. The summed E-state index contributed by atoms with van der Waals surface area (Å²) in [7, 11) is 0. The van der Waals surface area contributed by atoms with Gasteiger partial charge >= 0.3 is 0 Å². The molecule has 0 heterocycles. The third kappa shape index (κ3) is 4.80. The van der Waals surface area contributed by atoms with Crippen molar-refractivity contribution in [2.75, 3.05) is 6.54 Å². The molecule has 1 fully saturated rings. The maximum absolute atomic E-state index is 12.4. The zero-order chi connectivity index (χ0) is 13.8. The first-order valence-electron chi connectivity index (χ1n) is 7.15. The van der Waals surface area contributed by atoms with Gasteiger partial charge in [-0.3, -0.25) is 4.79 Å². The number of nitrogens with zero attached hydrogens (tertiary/aromatic N) is 1. The van der Waals surface area contributed by atoms with Crippen molar-refractivity contribution in [1.82, 2.24) is 4.90 Å². The first-order chi connectivity index (χ1) is 9.10. The van der Waals surface area contributed by atoms with Crippen molar-refractivity contribution < 1.29 is 4.79 Å². The van der Waals surface area contributed by atoms with Crippen LogP contribution in [-0.4, -0.2) is 23.4 Å². The molecule has 0 bridgehead atoms. The number of hydrogen-bond donors (Lipinski definition) is 1. The van der Waals surface area contributed by atoms with E-state index in [2.05, 4.69) is 31.2 Å². The Morgan fingerprint density at radius 1 is 1.45 bits per heavy atom. The molecule has 3 nitrogen and oxygen atoms in total. The summed E-state index contributed by atoms with van der Waals surface area (Å²) in [6.07, 6.45) is 2.86. The van der Waals surface area contributed by atoms with Crippen LogP contribution in [0.4, 0.5) is 0 Å². The molecule has 0 radical (unpaired) electrons. The quantitative estimate of drug-likeness (QED) is 0.877. The van der Waals surface area contributed by atoms with E-state index < -0.39 is 0 Å². The highest BCUT2D eigenvalue weighted by Gasteiger charge is 2.32. The van der Waals surface area contributed by atoms with E-state index in [1.165, 1.54) is 11.1 Å². The van der Waals surface area contributed by atoms with E-state index in [1.807, 2.05) is 11.8 Å². The summed E-state index contributed by atoms with van der Waals surface area (Å²) < 4.78 is 0. The van der Waals surface area contributed by atoms with E-state index in [-0.39, 0.29) is 24.2 Å². The molecule has 1 aromatic carbocycles. The van der Waals surface area contributed by atoms with Gasteiger partial charge in [0.1, 0.15) is 0 Å². The summed E-state index contributed by atoms with van der Waals surface area (Å²) in [5.74, 6) is 0.521. The molecule has 1 saturated carbocycles. The molecular formula is C16H25ClN2O. The Balaban J connectivity index is 0.00000200. The van der Waals surface area contributed by atoms with Crippen molar-refractivity contribution in [2.45, 2.75) is 45.7 Å². The number of rotatable bonds is 6. The first kappa shape index (κ1) is 17.0. The molecule has 2 N–H and O–H groups in total. The summed E-state index contributed by atoms with van der Waals surface area (Å²) in [5, 5.41) is 0. The number of aryl methyl sites for hydroxylation is 1. The van der Waals surface area contributed by atoms with E-state index in [4.69, 9.17) is 5.73 Å². The molecule has 0 spiro atoms. The van der Waals surface area contributed by atoms with Gasteiger partial charge in [-0.2, -0.15) is 0 Å². The topological polar surface area (TPSA) is 46.3 Å². The van der Waals surface area contributed by atoms with Crippen LogP contribution in [0, 0.1) is 12.8 Å². The number of hydrogen-bond acceptors (Lipinski definition) is 2. The van der Waals surface area contributed by atoms with Crippen molar-refractivity contribution in [3.05, 3.63) is 35.4 Å². The van der Waals surface area contributed by atoms with E-state index in [0.29, 0.717) is 19.0 Å². The monoisotopic (exact) mass is 296 g/mol. The van der Waals surface area contributed by atoms with Gasteiger partial charge in [-0.25, -0.2) is 0 Å². The zero-order valence-electron chi connectivity index (χ0n) is 12.3.